The average Bonchev–Trinajstić information content (AvgIpc) is 2.22. The molecule has 1 aliphatic rings. The van der Waals surface area contributed by atoms with E-state index in [0.717, 1.165) is 18.8 Å². The topological polar surface area (TPSA) is 35.5 Å². The number of hydrogen-bond acceptors (Lipinski definition) is 3. The molecule has 3 heteroatoms. The first kappa shape index (κ1) is 10.3. The fourth-order valence-corrected chi connectivity index (χ4v) is 1.98. The van der Waals surface area contributed by atoms with Gasteiger partial charge in [0, 0.05) is 17.8 Å². The monoisotopic (exact) mass is 206 g/mol. The number of rotatable bonds is 2. The molecule has 3 nitrogen and oxygen atoms in total. The third-order valence-electron chi connectivity index (χ3n) is 2.94. The molecule has 0 atom stereocenters. The molecule has 0 bridgehead atoms. The lowest BCUT2D eigenvalue weighted by Gasteiger charge is -2.30. The van der Waals surface area contributed by atoms with Crippen LogP contribution in [0.5, 0.6) is 5.75 Å². The molecule has 0 radical (unpaired) electrons. The standard InChI is InChI=1S/C12H18N2O/c1-14-7-5-10(6-8-14)13-11-3-2-4-12(15)9-11/h2-4,9-10,13,15H,5-8H2,1H3. The number of anilines is 1. The first-order chi connectivity index (χ1) is 7.24. The van der Waals surface area contributed by atoms with Crippen LogP contribution in [0.2, 0.25) is 0 Å². The molecular formula is C12H18N2O. The highest BCUT2D eigenvalue weighted by Crippen LogP contribution is 2.19. The van der Waals surface area contributed by atoms with Gasteiger partial charge in [0.2, 0.25) is 0 Å². The third-order valence-corrected chi connectivity index (χ3v) is 2.94. The second kappa shape index (κ2) is 4.53. The summed E-state index contributed by atoms with van der Waals surface area (Å²) in [5, 5.41) is 12.8. The third kappa shape index (κ3) is 2.86. The lowest BCUT2D eigenvalue weighted by Crippen LogP contribution is -2.36. The molecule has 0 saturated carbocycles. The lowest BCUT2D eigenvalue weighted by atomic mass is 10.1. The predicted molar refractivity (Wildman–Crippen MR) is 62.2 cm³/mol. The van der Waals surface area contributed by atoms with E-state index in [1.54, 1.807) is 12.1 Å². The number of likely N-dealkylation sites (tertiary alicyclic amines) is 1. The minimum Gasteiger partial charge on any atom is -0.508 e. The fourth-order valence-electron chi connectivity index (χ4n) is 1.98. The van der Waals surface area contributed by atoms with Crippen molar-refractivity contribution in [3.8, 4) is 5.75 Å². The highest BCUT2D eigenvalue weighted by atomic mass is 16.3. The minimum atomic E-state index is 0.327. The zero-order valence-corrected chi connectivity index (χ0v) is 9.11. The molecule has 2 N–H and O–H groups in total. The number of nitrogens with one attached hydrogen (secondary N) is 1. The summed E-state index contributed by atoms with van der Waals surface area (Å²) in [4.78, 5) is 2.35. The van der Waals surface area contributed by atoms with Crippen molar-refractivity contribution in [2.45, 2.75) is 18.9 Å². The first-order valence-corrected chi connectivity index (χ1v) is 5.48. The molecule has 0 aliphatic carbocycles. The van der Waals surface area contributed by atoms with E-state index in [9.17, 15) is 5.11 Å². The van der Waals surface area contributed by atoms with Gasteiger partial charge in [0.1, 0.15) is 5.75 Å². The van der Waals surface area contributed by atoms with Crippen LogP contribution in [-0.4, -0.2) is 36.2 Å². The minimum absolute atomic E-state index is 0.327. The highest BCUT2D eigenvalue weighted by molar-refractivity contribution is 5.48. The largest absolute Gasteiger partial charge is 0.508 e. The maximum absolute atomic E-state index is 9.34. The van der Waals surface area contributed by atoms with Crippen LogP contribution in [0.25, 0.3) is 0 Å². The molecule has 1 aliphatic heterocycles. The molecule has 1 aromatic carbocycles. The summed E-state index contributed by atoms with van der Waals surface area (Å²) in [5.74, 6) is 0.327. The zero-order chi connectivity index (χ0) is 10.7. The van der Waals surface area contributed by atoms with E-state index in [2.05, 4.69) is 17.3 Å². The fraction of sp³-hybridized carbons (Fsp3) is 0.500. The van der Waals surface area contributed by atoms with Gasteiger partial charge in [0.25, 0.3) is 0 Å². The van der Waals surface area contributed by atoms with Crippen LogP contribution in [-0.2, 0) is 0 Å². The van der Waals surface area contributed by atoms with E-state index < -0.39 is 0 Å². The van der Waals surface area contributed by atoms with Crippen LogP contribution < -0.4 is 5.32 Å². The smallest absolute Gasteiger partial charge is 0.117 e. The van der Waals surface area contributed by atoms with Crippen LogP contribution in [0, 0.1) is 0 Å². The second-order valence-electron chi connectivity index (χ2n) is 4.27. The molecule has 0 aromatic heterocycles. The summed E-state index contributed by atoms with van der Waals surface area (Å²) in [5.41, 5.74) is 1.02. The van der Waals surface area contributed by atoms with Crippen LogP contribution >= 0.6 is 0 Å². The molecule has 1 saturated heterocycles. The van der Waals surface area contributed by atoms with Gasteiger partial charge in [0.15, 0.2) is 0 Å². The number of aromatic hydroxyl groups is 1. The van der Waals surface area contributed by atoms with Crippen molar-refractivity contribution >= 4 is 5.69 Å². The molecule has 1 fully saturated rings. The van der Waals surface area contributed by atoms with E-state index in [4.69, 9.17) is 0 Å². The predicted octanol–water partition coefficient (Wildman–Crippen LogP) is 1.90. The number of nitrogens with zero attached hydrogens (tertiary/aromatic N) is 1. The number of piperidine rings is 1. The van der Waals surface area contributed by atoms with E-state index in [-0.39, 0.29) is 0 Å². The van der Waals surface area contributed by atoms with Gasteiger partial charge in [0.05, 0.1) is 0 Å². The molecule has 15 heavy (non-hydrogen) atoms. The summed E-state index contributed by atoms with van der Waals surface area (Å²) in [7, 11) is 2.16. The van der Waals surface area contributed by atoms with Gasteiger partial charge < -0.3 is 15.3 Å². The summed E-state index contributed by atoms with van der Waals surface area (Å²) in [6.07, 6.45) is 2.35. The first-order valence-electron chi connectivity index (χ1n) is 5.48. The van der Waals surface area contributed by atoms with Crippen LogP contribution in [0.1, 0.15) is 12.8 Å². The number of hydrogen-bond donors (Lipinski definition) is 2. The van der Waals surface area contributed by atoms with Crippen LogP contribution in [0.4, 0.5) is 5.69 Å². The second-order valence-corrected chi connectivity index (χ2v) is 4.27. The number of phenolic OH excluding ortho intramolecular Hbond substituents is 1. The molecule has 82 valence electrons. The molecule has 2 rings (SSSR count). The van der Waals surface area contributed by atoms with Gasteiger partial charge in [-0.05, 0) is 45.1 Å². The van der Waals surface area contributed by atoms with Gasteiger partial charge in [-0.2, -0.15) is 0 Å². The number of benzene rings is 1. The maximum Gasteiger partial charge on any atom is 0.117 e. The Labute approximate surface area is 90.7 Å². The number of phenols is 1. The van der Waals surface area contributed by atoms with Crippen LogP contribution in [0.3, 0.4) is 0 Å². The van der Waals surface area contributed by atoms with Gasteiger partial charge in [-0.25, -0.2) is 0 Å². The van der Waals surface area contributed by atoms with Gasteiger partial charge in [-0.15, -0.1) is 0 Å². The molecule has 1 aromatic rings. The van der Waals surface area contributed by atoms with E-state index in [1.807, 2.05) is 12.1 Å². The maximum atomic E-state index is 9.34. The van der Waals surface area contributed by atoms with Crippen molar-refractivity contribution in [2.24, 2.45) is 0 Å². The SMILES string of the molecule is CN1CCC(Nc2cccc(O)c2)CC1. The lowest BCUT2D eigenvalue weighted by molar-refractivity contribution is 0.264. The van der Waals surface area contributed by atoms with Crippen molar-refractivity contribution in [3.63, 3.8) is 0 Å². The van der Waals surface area contributed by atoms with Crippen molar-refractivity contribution in [3.05, 3.63) is 24.3 Å². The Morgan fingerprint density at radius 3 is 2.73 bits per heavy atom. The Bertz CT molecular complexity index is 319. The quantitative estimate of drug-likeness (QED) is 0.775. The summed E-state index contributed by atoms with van der Waals surface area (Å²) in [6.45, 7) is 2.30. The van der Waals surface area contributed by atoms with E-state index >= 15 is 0 Å². The Morgan fingerprint density at radius 1 is 1.33 bits per heavy atom. The van der Waals surface area contributed by atoms with Crippen LogP contribution in [0.15, 0.2) is 24.3 Å². The molecule has 0 amide bonds. The zero-order valence-electron chi connectivity index (χ0n) is 9.11. The summed E-state index contributed by atoms with van der Waals surface area (Å²) < 4.78 is 0. The van der Waals surface area contributed by atoms with Crippen molar-refractivity contribution in [1.29, 1.82) is 0 Å². The Hall–Kier alpha value is -1.22. The average molecular weight is 206 g/mol. The van der Waals surface area contributed by atoms with Gasteiger partial charge in [-0.3, -0.25) is 0 Å². The van der Waals surface area contributed by atoms with Crippen molar-refractivity contribution < 1.29 is 5.11 Å². The van der Waals surface area contributed by atoms with Crippen molar-refractivity contribution in [1.82, 2.24) is 4.90 Å². The Kier molecular flexibility index (Phi) is 3.11. The van der Waals surface area contributed by atoms with Gasteiger partial charge >= 0.3 is 0 Å². The van der Waals surface area contributed by atoms with Crippen molar-refractivity contribution in [2.75, 3.05) is 25.5 Å². The molecule has 1 heterocycles. The molecular weight excluding hydrogens is 188 g/mol. The normalized spacial score (nSPS) is 19.0. The van der Waals surface area contributed by atoms with Gasteiger partial charge in [-0.1, -0.05) is 6.07 Å². The van der Waals surface area contributed by atoms with E-state index in [1.165, 1.54) is 12.8 Å². The Balaban J connectivity index is 1.92. The molecule has 0 spiro atoms. The Morgan fingerprint density at radius 2 is 2.07 bits per heavy atom. The molecule has 0 unspecified atom stereocenters. The van der Waals surface area contributed by atoms with E-state index in [0.29, 0.717) is 11.8 Å². The highest BCUT2D eigenvalue weighted by Gasteiger charge is 2.15. The summed E-state index contributed by atoms with van der Waals surface area (Å²) in [6, 6.07) is 7.88. The summed E-state index contributed by atoms with van der Waals surface area (Å²) >= 11 is 0.